The number of nitrogens with zero attached hydrogens (tertiary/aromatic N) is 2. The van der Waals surface area contributed by atoms with Crippen molar-refractivity contribution in [2.75, 3.05) is 11.0 Å². The fourth-order valence-corrected chi connectivity index (χ4v) is 2.25. The maximum absolute atomic E-state index is 11.1. The van der Waals surface area contributed by atoms with Crippen LogP contribution in [0.15, 0.2) is 36.7 Å². The van der Waals surface area contributed by atoms with Crippen molar-refractivity contribution < 1.29 is 8.42 Å². The molecule has 2 rings (SSSR count). The van der Waals surface area contributed by atoms with E-state index >= 15 is 0 Å². The van der Waals surface area contributed by atoms with Crippen molar-refractivity contribution in [1.29, 1.82) is 0 Å². The maximum Gasteiger partial charge on any atom is 0.229 e. The monoisotopic (exact) mass is 285 g/mol. The normalized spacial score (nSPS) is 11.4. The first-order valence-corrected chi connectivity index (χ1v) is 7.44. The molecule has 1 aromatic heterocycles. The van der Waals surface area contributed by atoms with Crippen LogP contribution in [-0.4, -0.2) is 24.5 Å². The number of hydrogen-bond acceptors (Lipinski definition) is 3. The first-order chi connectivity index (χ1) is 8.44. The largest absolute Gasteiger partial charge is 0.281 e. The highest BCUT2D eigenvalue weighted by Crippen LogP contribution is 2.16. The quantitative estimate of drug-likeness (QED) is 0.934. The molecule has 0 atom stereocenters. The Kier molecular flexibility index (Phi) is 3.58. The smallest absolute Gasteiger partial charge is 0.229 e. The van der Waals surface area contributed by atoms with Gasteiger partial charge in [0, 0.05) is 11.2 Å². The Morgan fingerprint density at radius 3 is 2.78 bits per heavy atom. The molecule has 7 heteroatoms. The van der Waals surface area contributed by atoms with Crippen LogP contribution in [0.4, 0.5) is 5.69 Å². The summed E-state index contributed by atoms with van der Waals surface area (Å²) in [5.41, 5.74) is 1.36. The van der Waals surface area contributed by atoms with E-state index in [1.807, 2.05) is 18.2 Å². The van der Waals surface area contributed by atoms with Crippen LogP contribution in [0.1, 0.15) is 5.56 Å². The molecule has 0 aliphatic rings. The number of sulfonamides is 1. The number of aromatic nitrogens is 2. The Hall–Kier alpha value is -1.53. The highest BCUT2D eigenvalue weighted by molar-refractivity contribution is 7.92. The van der Waals surface area contributed by atoms with Crippen LogP contribution >= 0.6 is 11.6 Å². The number of rotatable bonds is 4. The average molecular weight is 286 g/mol. The molecular formula is C11H12ClN3O2S. The van der Waals surface area contributed by atoms with E-state index in [4.69, 9.17) is 11.6 Å². The van der Waals surface area contributed by atoms with Crippen LogP contribution < -0.4 is 4.72 Å². The minimum absolute atomic E-state index is 0.435. The summed E-state index contributed by atoms with van der Waals surface area (Å²) in [5, 5.41) is 4.73. The van der Waals surface area contributed by atoms with E-state index in [1.54, 1.807) is 16.9 Å². The van der Waals surface area contributed by atoms with E-state index in [1.165, 1.54) is 6.20 Å². The zero-order valence-electron chi connectivity index (χ0n) is 9.67. The van der Waals surface area contributed by atoms with Gasteiger partial charge < -0.3 is 0 Å². The molecule has 0 unspecified atom stereocenters. The van der Waals surface area contributed by atoms with Gasteiger partial charge in [0.25, 0.3) is 0 Å². The summed E-state index contributed by atoms with van der Waals surface area (Å²) in [6, 6.07) is 7.44. The second-order valence-corrected chi connectivity index (χ2v) is 6.05. The second kappa shape index (κ2) is 4.99. The minimum atomic E-state index is -3.27. The number of benzene rings is 1. The molecule has 0 radical (unpaired) electrons. The Labute approximate surface area is 110 Å². The lowest BCUT2D eigenvalue weighted by atomic mass is 10.2. The van der Waals surface area contributed by atoms with Crippen LogP contribution in [0.5, 0.6) is 0 Å². The van der Waals surface area contributed by atoms with Crippen molar-refractivity contribution in [3.8, 4) is 0 Å². The van der Waals surface area contributed by atoms with Crippen molar-refractivity contribution in [3.63, 3.8) is 0 Å². The summed E-state index contributed by atoms with van der Waals surface area (Å²) in [7, 11) is -3.27. The third-order valence-electron chi connectivity index (χ3n) is 2.23. The molecule has 1 aromatic carbocycles. The van der Waals surface area contributed by atoms with Crippen LogP contribution in [-0.2, 0) is 16.6 Å². The van der Waals surface area contributed by atoms with Gasteiger partial charge in [-0.25, -0.2) is 8.42 Å². The summed E-state index contributed by atoms with van der Waals surface area (Å²) < 4.78 is 26.1. The highest BCUT2D eigenvalue weighted by Gasteiger charge is 2.06. The maximum atomic E-state index is 11.1. The van der Waals surface area contributed by atoms with E-state index in [0.29, 0.717) is 17.3 Å². The van der Waals surface area contributed by atoms with Gasteiger partial charge in [0.05, 0.1) is 24.7 Å². The molecule has 2 aromatic rings. The Balaban J connectivity index is 2.14. The van der Waals surface area contributed by atoms with Gasteiger partial charge in [-0.3, -0.25) is 9.40 Å². The van der Waals surface area contributed by atoms with Gasteiger partial charge in [0.2, 0.25) is 10.0 Å². The van der Waals surface area contributed by atoms with Crippen LogP contribution in [0.25, 0.3) is 0 Å². The summed E-state index contributed by atoms with van der Waals surface area (Å²) in [6.07, 6.45) is 4.17. The van der Waals surface area contributed by atoms with Gasteiger partial charge in [-0.2, -0.15) is 5.10 Å². The molecule has 0 spiro atoms. The number of halogens is 1. The van der Waals surface area contributed by atoms with Gasteiger partial charge >= 0.3 is 0 Å². The molecule has 0 amide bonds. The summed E-state index contributed by atoms with van der Waals surface area (Å²) in [4.78, 5) is 0. The molecule has 96 valence electrons. The molecule has 18 heavy (non-hydrogen) atoms. The zero-order chi connectivity index (χ0) is 13.2. The lowest BCUT2D eigenvalue weighted by Crippen LogP contribution is -2.08. The minimum Gasteiger partial charge on any atom is -0.281 e. The molecule has 0 aliphatic heterocycles. The molecule has 5 nitrogen and oxygen atoms in total. The second-order valence-electron chi connectivity index (χ2n) is 3.89. The average Bonchev–Trinajstić information content (AvgIpc) is 2.66. The molecule has 0 fully saturated rings. The summed E-state index contributed by atoms with van der Waals surface area (Å²) >= 11 is 6.03. The first-order valence-electron chi connectivity index (χ1n) is 5.18. The lowest BCUT2D eigenvalue weighted by molar-refractivity contribution is 0.607. The van der Waals surface area contributed by atoms with Crippen molar-refractivity contribution in [2.45, 2.75) is 6.54 Å². The van der Waals surface area contributed by atoms with E-state index in [0.717, 1.165) is 11.8 Å². The number of nitrogens with one attached hydrogen (secondary N) is 1. The van der Waals surface area contributed by atoms with Gasteiger partial charge in [0.1, 0.15) is 0 Å². The standard InChI is InChI=1S/C11H12ClN3O2S/c1-18(16,17)14-10-6-13-15(8-10)7-9-4-2-3-5-11(9)12/h2-6,8,14H,7H2,1H3. The van der Waals surface area contributed by atoms with Gasteiger partial charge in [0.15, 0.2) is 0 Å². The summed E-state index contributed by atoms with van der Waals surface area (Å²) in [6.45, 7) is 0.491. The topological polar surface area (TPSA) is 64.0 Å². The fourth-order valence-electron chi connectivity index (χ4n) is 1.52. The SMILES string of the molecule is CS(=O)(=O)Nc1cnn(Cc2ccccc2Cl)c1. The number of hydrogen-bond donors (Lipinski definition) is 1. The Morgan fingerprint density at radius 2 is 2.11 bits per heavy atom. The van der Waals surface area contributed by atoms with Gasteiger partial charge in [-0.1, -0.05) is 29.8 Å². The Morgan fingerprint density at radius 1 is 1.39 bits per heavy atom. The van der Waals surface area contributed by atoms with E-state index in [2.05, 4.69) is 9.82 Å². The van der Waals surface area contributed by atoms with E-state index in [-0.39, 0.29) is 0 Å². The van der Waals surface area contributed by atoms with Crippen molar-refractivity contribution in [3.05, 3.63) is 47.2 Å². The van der Waals surface area contributed by atoms with Crippen molar-refractivity contribution in [2.24, 2.45) is 0 Å². The van der Waals surface area contributed by atoms with Crippen LogP contribution in [0, 0.1) is 0 Å². The Bertz CT molecular complexity index is 652. The molecule has 1 N–H and O–H groups in total. The zero-order valence-corrected chi connectivity index (χ0v) is 11.2. The highest BCUT2D eigenvalue weighted by atomic mass is 35.5. The van der Waals surface area contributed by atoms with Crippen molar-refractivity contribution in [1.82, 2.24) is 9.78 Å². The molecule has 0 aliphatic carbocycles. The van der Waals surface area contributed by atoms with Gasteiger partial charge in [-0.05, 0) is 11.6 Å². The molecule has 1 heterocycles. The predicted molar refractivity (Wildman–Crippen MR) is 71.2 cm³/mol. The fraction of sp³-hybridized carbons (Fsp3) is 0.182. The number of anilines is 1. The third kappa shape index (κ3) is 3.48. The molecular weight excluding hydrogens is 274 g/mol. The van der Waals surface area contributed by atoms with E-state index in [9.17, 15) is 8.42 Å². The predicted octanol–water partition coefficient (Wildman–Crippen LogP) is 1.96. The third-order valence-corrected chi connectivity index (χ3v) is 3.20. The van der Waals surface area contributed by atoms with Crippen LogP contribution in [0.2, 0.25) is 5.02 Å². The molecule has 0 saturated carbocycles. The first kappa shape index (κ1) is 12.9. The van der Waals surface area contributed by atoms with Gasteiger partial charge in [-0.15, -0.1) is 0 Å². The van der Waals surface area contributed by atoms with Crippen molar-refractivity contribution >= 4 is 27.3 Å². The molecule has 0 saturated heterocycles. The lowest BCUT2D eigenvalue weighted by Gasteiger charge is -2.03. The molecule has 0 bridgehead atoms. The van der Waals surface area contributed by atoms with E-state index < -0.39 is 10.0 Å². The summed E-state index contributed by atoms with van der Waals surface area (Å²) in [5.74, 6) is 0. The van der Waals surface area contributed by atoms with Crippen LogP contribution in [0.3, 0.4) is 0 Å².